The molecule has 0 aliphatic rings. The zero-order valence-electron chi connectivity index (χ0n) is 12.1. The monoisotopic (exact) mass is 266 g/mol. The first-order valence-electron chi connectivity index (χ1n) is 7.23. The molecule has 0 radical (unpaired) electrons. The van der Waals surface area contributed by atoms with Gasteiger partial charge in [-0.2, -0.15) is 0 Å². The number of nitrogens with one attached hydrogen (secondary N) is 1. The van der Waals surface area contributed by atoms with Crippen molar-refractivity contribution in [2.24, 2.45) is 5.73 Å². The molecular weight excluding hydrogens is 240 g/mol. The summed E-state index contributed by atoms with van der Waals surface area (Å²) in [5.41, 5.74) is 5.95. The highest BCUT2D eigenvalue weighted by Gasteiger charge is 2.14. The Kier molecular flexibility index (Phi) is 7.18. The lowest BCUT2D eigenvalue weighted by atomic mass is 10.1. The van der Waals surface area contributed by atoms with Crippen LogP contribution < -0.4 is 11.1 Å². The summed E-state index contributed by atoms with van der Waals surface area (Å²) in [5.74, 6) is -0.0784. The van der Waals surface area contributed by atoms with Gasteiger partial charge in [0.15, 0.2) is 0 Å². The van der Waals surface area contributed by atoms with Crippen LogP contribution in [0, 0.1) is 0 Å². The number of unbranched alkanes of at least 4 members (excludes halogenated alkanes) is 1. The summed E-state index contributed by atoms with van der Waals surface area (Å²) in [7, 11) is 0. The molecule has 1 heterocycles. The van der Waals surface area contributed by atoms with Gasteiger partial charge >= 0.3 is 0 Å². The van der Waals surface area contributed by atoms with E-state index in [9.17, 15) is 4.79 Å². The Morgan fingerprint density at radius 3 is 2.84 bits per heavy atom. The van der Waals surface area contributed by atoms with Crippen molar-refractivity contribution in [3.05, 3.63) is 18.2 Å². The molecule has 0 saturated heterocycles. The number of carbonyl (C=O) groups is 1. The normalized spacial score (nSPS) is 12.4. The van der Waals surface area contributed by atoms with Crippen LogP contribution >= 0.6 is 0 Å². The quantitative estimate of drug-likeness (QED) is 0.717. The third-order valence-electron chi connectivity index (χ3n) is 3.13. The molecule has 108 valence electrons. The number of imidazole rings is 1. The van der Waals surface area contributed by atoms with Crippen LogP contribution in [0.25, 0.3) is 0 Å². The van der Waals surface area contributed by atoms with Crippen molar-refractivity contribution in [1.82, 2.24) is 14.9 Å². The Morgan fingerprint density at radius 1 is 1.42 bits per heavy atom. The van der Waals surface area contributed by atoms with Crippen LogP contribution in [0.3, 0.4) is 0 Å². The van der Waals surface area contributed by atoms with E-state index in [-0.39, 0.29) is 11.9 Å². The number of hydrogen-bond acceptors (Lipinski definition) is 3. The number of rotatable bonds is 9. The van der Waals surface area contributed by atoms with Crippen LogP contribution in [-0.2, 0) is 6.54 Å². The van der Waals surface area contributed by atoms with Gasteiger partial charge in [-0.3, -0.25) is 4.79 Å². The highest BCUT2D eigenvalue weighted by Crippen LogP contribution is 2.08. The van der Waals surface area contributed by atoms with E-state index >= 15 is 0 Å². The molecule has 1 aromatic rings. The lowest BCUT2D eigenvalue weighted by molar-refractivity contribution is 0.0927. The van der Waals surface area contributed by atoms with Gasteiger partial charge in [0, 0.05) is 25.3 Å². The third kappa shape index (κ3) is 5.42. The van der Waals surface area contributed by atoms with Crippen LogP contribution in [0.4, 0.5) is 0 Å². The molecule has 1 aromatic heterocycles. The van der Waals surface area contributed by atoms with Crippen molar-refractivity contribution >= 4 is 5.91 Å². The molecule has 19 heavy (non-hydrogen) atoms. The fourth-order valence-electron chi connectivity index (χ4n) is 2.10. The minimum Gasteiger partial charge on any atom is -0.348 e. The average molecular weight is 266 g/mol. The molecule has 3 N–H and O–H groups in total. The van der Waals surface area contributed by atoms with E-state index in [2.05, 4.69) is 24.1 Å². The van der Waals surface area contributed by atoms with Crippen molar-refractivity contribution < 1.29 is 4.79 Å². The van der Waals surface area contributed by atoms with Crippen molar-refractivity contribution in [3.8, 4) is 0 Å². The molecule has 0 bridgehead atoms. The highest BCUT2D eigenvalue weighted by atomic mass is 16.2. The second-order valence-corrected chi connectivity index (χ2v) is 4.89. The van der Waals surface area contributed by atoms with Crippen molar-refractivity contribution in [2.75, 3.05) is 6.54 Å². The molecule has 5 heteroatoms. The van der Waals surface area contributed by atoms with E-state index in [4.69, 9.17) is 5.73 Å². The van der Waals surface area contributed by atoms with Gasteiger partial charge in [0.2, 0.25) is 0 Å². The molecular formula is C14H26N4O. The van der Waals surface area contributed by atoms with Crippen LogP contribution in [0.2, 0.25) is 0 Å². The third-order valence-corrected chi connectivity index (χ3v) is 3.13. The molecule has 1 atom stereocenters. The zero-order valence-corrected chi connectivity index (χ0v) is 12.1. The minimum atomic E-state index is -0.0784. The first-order chi connectivity index (χ1) is 9.21. The molecule has 1 unspecified atom stereocenters. The Balaban J connectivity index is 2.54. The van der Waals surface area contributed by atoms with Crippen molar-refractivity contribution in [1.29, 1.82) is 0 Å². The minimum absolute atomic E-state index is 0.0784. The SMILES string of the molecule is CCCCC(CCC)NC(=O)c1cn(CCN)cn1. The largest absolute Gasteiger partial charge is 0.348 e. The van der Waals surface area contributed by atoms with Gasteiger partial charge in [-0.15, -0.1) is 0 Å². The summed E-state index contributed by atoms with van der Waals surface area (Å²) in [5, 5.41) is 3.08. The van der Waals surface area contributed by atoms with E-state index in [1.54, 1.807) is 12.5 Å². The number of nitrogens with zero attached hydrogens (tertiary/aromatic N) is 2. The topological polar surface area (TPSA) is 72.9 Å². The molecule has 0 aromatic carbocycles. The molecule has 0 aliphatic carbocycles. The molecule has 0 fully saturated rings. The number of nitrogens with two attached hydrogens (primary N) is 1. The molecule has 1 amide bonds. The Hall–Kier alpha value is -1.36. The summed E-state index contributed by atoms with van der Waals surface area (Å²) in [6.45, 7) is 5.54. The first kappa shape index (κ1) is 15.7. The smallest absolute Gasteiger partial charge is 0.271 e. The molecule has 0 spiro atoms. The van der Waals surface area contributed by atoms with E-state index in [1.807, 2.05) is 4.57 Å². The van der Waals surface area contributed by atoms with E-state index in [0.717, 1.165) is 32.1 Å². The van der Waals surface area contributed by atoms with E-state index < -0.39 is 0 Å². The van der Waals surface area contributed by atoms with Gasteiger partial charge in [0.25, 0.3) is 5.91 Å². The summed E-state index contributed by atoms with van der Waals surface area (Å²) in [6.07, 6.45) is 8.85. The summed E-state index contributed by atoms with van der Waals surface area (Å²) in [6, 6.07) is 0.261. The number of carbonyl (C=O) groups excluding carboxylic acids is 1. The standard InChI is InChI=1S/C14H26N4O/c1-3-5-7-12(6-4-2)17-14(19)13-10-18(9-8-15)11-16-13/h10-12H,3-9,15H2,1-2H3,(H,17,19). The van der Waals surface area contributed by atoms with E-state index in [1.165, 1.54) is 0 Å². The van der Waals surface area contributed by atoms with Crippen molar-refractivity contribution in [2.45, 2.75) is 58.5 Å². The summed E-state index contributed by atoms with van der Waals surface area (Å²) >= 11 is 0. The van der Waals surface area contributed by atoms with Gasteiger partial charge < -0.3 is 15.6 Å². The maximum Gasteiger partial charge on any atom is 0.271 e. The Bertz CT molecular complexity index is 375. The second kappa shape index (κ2) is 8.69. The maximum absolute atomic E-state index is 12.1. The molecule has 1 rings (SSSR count). The lowest BCUT2D eigenvalue weighted by Gasteiger charge is -2.17. The predicted molar refractivity (Wildman–Crippen MR) is 77.0 cm³/mol. The first-order valence-corrected chi connectivity index (χ1v) is 7.23. The second-order valence-electron chi connectivity index (χ2n) is 4.89. The van der Waals surface area contributed by atoms with Crippen LogP contribution in [-0.4, -0.2) is 28.0 Å². The van der Waals surface area contributed by atoms with Gasteiger partial charge in [0.05, 0.1) is 6.33 Å². The Morgan fingerprint density at radius 2 is 2.21 bits per heavy atom. The Labute approximate surface area is 115 Å². The van der Waals surface area contributed by atoms with E-state index in [0.29, 0.717) is 18.8 Å². The van der Waals surface area contributed by atoms with Crippen LogP contribution in [0.15, 0.2) is 12.5 Å². The molecule has 5 nitrogen and oxygen atoms in total. The van der Waals surface area contributed by atoms with Gasteiger partial charge in [-0.05, 0) is 12.8 Å². The summed E-state index contributed by atoms with van der Waals surface area (Å²) in [4.78, 5) is 16.2. The number of aromatic nitrogens is 2. The van der Waals surface area contributed by atoms with Crippen LogP contribution in [0.1, 0.15) is 56.4 Å². The number of hydrogen-bond donors (Lipinski definition) is 2. The lowest BCUT2D eigenvalue weighted by Crippen LogP contribution is -2.35. The molecule has 0 saturated carbocycles. The van der Waals surface area contributed by atoms with Crippen molar-refractivity contribution in [3.63, 3.8) is 0 Å². The van der Waals surface area contributed by atoms with Gasteiger partial charge in [-0.25, -0.2) is 4.98 Å². The summed E-state index contributed by atoms with van der Waals surface area (Å²) < 4.78 is 1.84. The van der Waals surface area contributed by atoms with Crippen LogP contribution in [0.5, 0.6) is 0 Å². The molecule has 0 aliphatic heterocycles. The predicted octanol–water partition coefficient (Wildman–Crippen LogP) is 1.93. The fourth-order valence-corrected chi connectivity index (χ4v) is 2.10. The highest BCUT2D eigenvalue weighted by molar-refractivity contribution is 5.92. The van der Waals surface area contributed by atoms with Gasteiger partial charge in [0.1, 0.15) is 5.69 Å². The zero-order chi connectivity index (χ0) is 14.1. The number of amides is 1. The fraction of sp³-hybridized carbons (Fsp3) is 0.714. The van der Waals surface area contributed by atoms with Gasteiger partial charge in [-0.1, -0.05) is 33.1 Å². The average Bonchev–Trinajstić information content (AvgIpc) is 2.85. The maximum atomic E-state index is 12.1.